The standard InChI is InChI=1S/C27H30N2O.C22H28N2OS/c1-20-18-29(16-15-27(20,2)25-10-6-9-24(17-25)26(28)30)19-21-11-13-23(14-12-21)22-7-4-3-5-8-22;1-16-14-24(15-17-7-9-20(26-3)10-8-17)12-11-22(16,2)19-6-4-5-18(13-19)21(23)25/h3-14,17,20H,15-16,18-19H2,1-2H3,(H2,28,30);4-10,13,16H,11-12,14-15H2,1-3H3,(H2,23,25)/t20-,27+;16-,22+/m00/s1. The highest BCUT2D eigenvalue weighted by molar-refractivity contribution is 7.98. The topological polar surface area (TPSA) is 92.7 Å². The number of amides is 2. The number of primary amides is 2. The average Bonchev–Trinajstić information content (AvgIpc) is 3.22. The molecule has 2 aliphatic heterocycles. The zero-order valence-corrected chi connectivity index (χ0v) is 34.5. The molecule has 0 saturated carbocycles. The normalized spacial score (nSPS) is 22.8. The number of carbonyl (C=O) groups excluding carboxylic acids is 2. The Labute approximate surface area is 338 Å². The van der Waals surface area contributed by atoms with Crippen molar-refractivity contribution >= 4 is 23.6 Å². The molecule has 5 aromatic rings. The Kier molecular flexibility index (Phi) is 13.2. The highest BCUT2D eigenvalue weighted by Crippen LogP contribution is 2.41. The first-order valence-corrected chi connectivity index (χ1v) is 21.1. The Morgan fingerprint density at radius 3 is 1.45 bits per heavy atom. The summed E-state index contributed by atoms with van der Waals surface area (Å²) in [7, 11) is 0. The van der Waals surface area contributed by atoms with E-state index in [1.807, 2.05) is 30.3 Å². The summed E-state index contributed by atoms with van der Waals surface area (Å²) < 4.78 is 0. The monoisotopic (exact) mass is 766 g/mol. The molecule has 5 aromatic carbocycles. The van der Waals surface area contributed by atoms with Crippen LogP contribution in [0.2, 0.25) is 0 Å². The number of hydrogen-bond acceptors (Lipinski definition) is 5. The molecule has 4 N–H and O–H groups in total. The van der Waals surface area contributed by atoms with Crippen molar-refractivity contribution < 1.29 is 9.59 Å². The van der Waals surface area contributed by atoms with Crippen LogP contribution in [0, 0.1) is 11.8 Å². The Morgan fingerprint density at radius 2 is 1.04 bits per heavy atom. The summed E-state index contributed by atoms with van der Waals surface area (Å²) in [6.45, 7) is 15.5. The first kappa shape index (κ1) is 41.0. The predicted molar refractivity (Wildman–Crippen MR) is 233 cm³/mol. The van der Waals surface area contributed by atoms with Gasteiger partial charge in [0.25, 0.3) is 0 Å². The van der Waals surface area contributed by atoms with Crippen molar-refractivity contribution in [3.8, 4) is 11.1 Å². The molecular formula is C49H58N4O2S. The van der Waals surface area contributed by atoms with Crippen LogP contribution >= 0.6 is 11.8 Å². The number of nitrogens with zero attached hydrogens (tertiary/aromatic N) is 2. The van der Waals surface area contributed by atoms with Crippen LogP contribution in [0.15, 0.2) is 132 Å². The number of rotatable bonds is 10. The van der Waals surface area contributed by atoms with Gasteiger partial charge >= 0.3 is 0 Å². The maximum absolute atomic E-state index is 11.6. The van der Waals surface area contributed by atoms with E-state index in [2.05, 4.69) is 129 Å². The van der Waals surface area contributed by atoms with Crippen LogP contribution in [-0.4, -0.2) is 54.0 Å². The molecule has 0 spiro atoms. The molecule has 2 fully saturated rings. The number of hydrogen-bond donors (Lipinski definition) is 2. The zero-order valence-electron chi connectivity index (χ0n) is 33.7. The van der Waals surface area contributed by atoms with Crippen molar-refractivity contribution in [1.29, 1.82) is 0 Å². The van der Waals surface area contributed by atoms with Gasteiger partial charge in [0, 0.05) is 42.2 Å². The van der Waals surface area contributed by atoms with Crippen LogP contribution < -0.4 is 11.5 Å². The molecule has 292 valence electrons. The number of likely N-dealkylation sites (tertiary alicyclic amines) is 2. The summed E-state index contributed by atoms with van der Waals surface area (Å²) in [5.74, 6) is 0.279. The lowest BCUT2D eigenvalue weighted by Crippen LogP contribution is -2.47. The molecule has 2 heterocycles. The van der Waals surface area contributed by atoms with Gasteiger partial charge in [0.05, 0.1) is 0 Å². The van der Waals surface area contributed by atoms with E-state index >= 15 is 0 Å². The molecule has 0 aliphatic carbocycles. The molecule has 4 atom stereocenters. The van der Waals surface area contributed by atoms with Crippen LogP contribution in [0.3, 0.4) is 0 Å². The molecular weight excluding hydrogens is 709 g/mol. The first-order chi connectivity index (χ1) is 26.9. The number of carbonyl (C=O) groups is 2. The van der Waals surface area contributed by atoms with E-state index in [9.17, 15) is 9.59 Å². The molecule has 7 rings (SSSR count). The zero-order chi connectivity index (χ0) is 39.9. The first-order valence-electron chi connectivity index (χ1n) is 19.9. The van der Waals surface area contributed by atoms with Gasteiger partial charge in [0.15, 0.2) is 0 Å². The molecule has 2 aliphatic rings. The van der Waals surface area contributed by atoms with Crippen LogP contribution in [0.1, 0.15) is 83.5 Å². The van der Waals surface area contributed by atoms with Crippen LogP contribution in [0.5, 0.6) is 0 Å². The minimum Gasteiger partial charge on any atom is -0.366 e. The molecule has 6 nitrogen and oxygen atoms in total. The second kappa shape index (κ2) is 18.1. The predicted octanol–water partition coefficient (Wildman–Crippen LogP) is 9.56. The third kappa shape index (κ3) is 9.63. The maximum Gasteiger partial charge on any atom is 0.248 e. The van der Waals surface area contributed by atoms with Gasteiger partial charge in [-0.2, -0.15) is 0 Å². The Balaban J connectivity index is 0.000000192. The smallest absolute Gasteiger partial charge is 0.248 e. The minimum atomic E-state index is -0.357. The van der Waals surface area contributed by atoms with Crippen molar-refractivity contribution in [3.05, 3.63) is 161 Å². The van der Waals surface area contributed by atoms with E-state index in [-0.39, 0.29) is 22.6 Å². The molecule has 0 unspecified atom stereocenters. The van der Waals surface area contributed by atoms with E-state index in [1.54, 1.807) is 23.9 Å². The Hall–Kier alpha value is -4.69. The van der Waals surface area contributed by atoms with Crippen molar-refractivity contribution in [2.45, 2.75) is 69.4 Å². The molecule has 7 heteroatoms. The van der Waals surface area contributed by atoms with E-state index < -0.39 is 0 Å². The molecule has 0 bridgehead atoms. The van der Waals surface area contributed by atoms with E-state index in [0.717, 1.165) is 52.1 Å². The fraction of sp³-hybridized carbons (Fsp3) is 0.347. The summed E-state index contributed by atoms with van der Waals surface area (Å²) >= 11 is 1.78. The largest absolute Gasteiger partial charge is 0.366 e. The number of nitrogens with two attached hydrogens (primary N) is 2. The minimum absolute atomic E-state index is 0.0547. The highest BCUT2D eigenvalue weighted by atomic mass is 32.2. The van der Waals surface area contributed by atoms with Crippen molar-refractivity contribution in [2.75, 3.05) is 32.4 Å². The van der Waals surface area contributed by atoms with Crippen LogP contribution in [0.4, 0.5) is 0 Å². The fourth-order valence-corrected chi connectivity index (χ4v) is 8.92. The lowest BCUT2D eigenvalue weighted by Gasteiger charge is -2.45. The van der Waals surface area contributed by atoms with Crippen LogP contribution in [-0.2, 0) is 23.9 Å². The molecule has 0 aromatic heterocycles. The van der Waals surface area contributed by atoms with Gasteiger partial charge in [0.1, 0.15) is 0 Å². The highest BCUT2D eigenvalue weighted by Gasteiger charge is 2.39. The lowest BCUT2D eigenvalue weighted by molar-refractivity contribution is 0.0987. The third-order valence-electron chi connectivity index (χ3n) is 12.8. The molecule has 2 saturated heterocycles. The van der Waals surface area contributed by atoms with Gasteiger partial charge in [-0.05, 0) is 125 Å². The Morgan fingerprint density at radius 1 is 0.607 bits per heavy atom. The average molecular weight is 767 g/mol. The SMILES string of the molecule is CSc1ccc(CN2CC[C@@](C)(c3cccc(C(N)=O)c3)[C@@H](C)C2)cc1.C[C@H]1CN(Cc2ccc(-c3ccccc3)cc2)CC[C@@]1(C)c1cccc(C(N)=O)c1. The molecule has 0 radical (unpaired) electrons. The van der Waals surface area contributed by atoms with E-state index in [1.165, 1.54) is 38.3 Å². The van der Waals surface area contributed by atoms with Gasteiger partial charge in [-0.25, -0.2) is 0 Å². The third-order valence-corrected chi connectivity index (χ3v) is 13.5. The summed E-state index contributed by atoms with van der Waals surface area (Å²) in [5, 5.41) is 0. The number of thioether (sulfide) groups is 1. The van der Waals surface area contributed by atoms with E-state index in [0.29, 0.717) is 23.0 Å². The molecule has 2 amide bonds. The Bertz CT molecular complexity index is 2090. The van der Waals surface area contributed by atoms with Crippen molar-refractivity contribution in [3.63, 3.8) is 0 Å². The second-order valence-electron chi connectivity index (χ2n) is 16.4. The van der Waals surface area contributed by atoms with Gasteiger partial charge < -0.3 is 11.5 Å². The quantitative estimate of drug-likeness (QED) is 0.138. The summed E-state index contributed by atoms with van der Waals surface area (Å²) in [6.07, 6.45) is 4.26. The van der Waals surface area contributed by atoms with Gasteiger partial charge in [-0.3, -0.25) is 19.4 Å². The van der Waals surface area contributed by atoms with Crippen molar-refractivity contribution in [2.24, 2.45) is 23.3 Å². The summed E-state index contributed by atoms with van der Waals surface area (Å²) in [6, 6.07) is 44.1. The van der Waals surface area contributed by atoms with E-state index in [4.69, 9.17) is 11.5 Å². The van der Waals surface area contributed by atoms with Gasteiger partial charge in [-0.15, -0.1) is 11.8 Å². The molecule has 56 heavy (non-hydrogen) atoms. The second-order valence-corrected chi connectivity index (χ2v) is 17.3. The number of piperidine rings is 2. The lowest BCUT2D eigenvalue weighted by atomic mass is 9.68. The van der Waals surface area contributed by atoms with Gasteiger partial charge in [0.2, 0.25) is 11.8 Å². The van der Waals surface area contributed by atoms with Gasteiger partial charge in [-0.1, -0.05) is 119 Å². The van der Waals surface area contributed by atoms with Crippen molar-refractivity contribution in [1.82, 2.24) is 9.80 Å². The summed E-state index contributed by atoms with van der Waals surface area (Å²) in [5.41, 5.74) is 20.0. The maximum atomic E-state index is 11.6. The fourth-order valence-electron chi connectivity index (χ4n) is 8.51. The van der Waals surface area contributed by atoms with Crippen LogP contribution in [0.25, 0.3) is 11.1 Å². The summed E-state index contributed by atoms with van der Waals surface area (Å²) in [4.78, 5) is 29.5. The number of benzene rings is 5.